The van der Waals surface area contributed by atoms with E-state index in [0.717, 1.165) is 40.0 Å². The van der Waals surface area contributed by atoms with Gasteiger partial charge in [0.25, 0.3) is 0 Å². The fourth-order valence-electron chi connectivity index (χ4n) is 4.49. The molecular weight excluding hydrogens is 446 g/mol. The molecule has 1 nitrogen and oxygen atoms in total. The van der Waals surface area contributed by atoms with Gasteiger partial charge in [-0.25, -0.2) is 0 Å². The van der Waals surface area contributed by atoms with Crippen molar-refractivity contribution in [3.63, 3.8) is 0 Å². The van der Waals surface area contributed by atoms with E-state index in [4.69, 9.17) is 4.98 Å². The fraction of sp³-hybridized carbons (Fsp3) is 0.250. The van der Waals surface area contributed by atoms with Crippen molar-refractivity contribution in [2.45, 2.75) is 60.3 Å². The van der Waals surface area contributed by atoms with Gasteiger partial charge < -0.3 is 0 Å². The van der Waals surface area contributed by atoms with Gasteiger partial charge in [-0.2, -0.15) is 0 Å². The van der Waals surface area contributed by atoms with Gasteiger partial charge in [-0.05, 0) is 95.3 Å². The van der Waals surface area contributed by atoms with Gasteiger partial charge >= 0.3 is 0 Å². The van der Waals surface area contributed by atoms with Gasteiger partial charge in [0.1, 0.15) is 0 Å². The molecule has 0 atom stereocenters. The summed E-state index contributed by atoms with van der Waals surface area (Å²) >= 11 is 0. The normalized spacial score (nSPS) is 12.7. The van der Waals surface area contributed by atoms with Crippen molar-refractivity contribution in [2.75, 3.05) is 0 Å². The van der Waals surface area contributed by atoms with Crippen LogP contribution in [0.15, 0.2) is 98.3 Å². The number of hydrogen-bond donors (Lipinski definition) is 0. The maximum Gasteiger partial charge on any atom is 0.0708 e. The summed E-state index contributed by atoms with van der Waals surface area (Å²) in [5, 5.41) is 0. The fourth-order valence-corrected chi connectivity index (χ4v) is 4.49. The Morgan fingerprint density at radius 2 is 1.68 bits per heavy atom. The second-order valence-electron chi connectivity index (χ2n) is 10.5. The van der Waals surface area contributed by atoms with Crippen LogP contribution >= 0.6 is 0 Å². The molecule has 0 spiro atoms. The summed E-state index contributed by atoms with van der Waals surface area (Å²) in [4.78, 5) is 5.00. The van der Waals surface area contributed by atoms with E-state index in [1.165, 1.54) is 27.8 Å². The first-order valence-corrected chi connectivity index (χ1v) is 13.2. The van der Waals surface area contributed by atoms with Crippen LogP contribution in [-0.4, -0.2) is 4.98 Å². The highest BCUT2D eigenvalue weighted by Gasteiger charge is 2.19. The molecule has 3 rings (SSSR count). The molecule has 37 heavy (non-hydrogen) atoms. The van der Waals surface area contributed by atoms with E-state index in [1.54, 1.807) is 0 Å². The molecule has 2 aromatic carbocycles. The average molecular weight is 488 g/mol. The van der Waals surface area contributed by atoms with Crippen LogP contribution in [0.5, 0.6) is 0 Å². The maximum atomic E-state index is 5.00. The van der Waals surface area contributed by atoms with Crippen molar-refractivity contribution in [3.05, 3.63) is 126 Å². The lowest BCUT2D eigenvalue weighted by atomic mass is 9.83. The molecule has 0 aliphatic rings. The zero-order valence-corrected chi connectivity index (χ0v) is 23.7. The summed E-state index contributed by atoms with van der Waals surface area (Å²) < 4.78 is 0. The summed E-state index contributed by atoms with van der Waals surface area (Å²) in [5.74, 6) is 0. The van der Waals surface area contributed by atoms with E-state index in [0.29, 0.717) is 0 Å². The maximum absolute atomic E-state index is 5.00. The van der Waals surface area contributed by atoms with Crippen LogP contribution in [0.1, 0.15) is 68.9 Å². The zero-order valence-electron chi connectivity index (χ0n) is 23.7. The second-order valence-corrected chi connectivity index (χ2v) is 10.5. The Labute approximate surface area is 224 Å². The van der Waals surface area contributed by atoms with Gasteiger partial charge in [0.05, 0.1) is 5.69 Å². The largest absolute Gasteiger partial charge is 0.256 e. The summed E-state index contributed by atoms with van der Waals surface area (Å²) in [6.07, 6.45) is 15.2. The van der Waals surface area contributed by atoms with Crippen LogP contribution in [0.25, 0.3) is 33.5 Å². The summed E-state index contributed by atoms with van der Waals surface area (Å²) in [6.45, 7) is 23.4. The predicted molar refractivity (Wildman–Crippen MR) is 165 cm³/mol. The third-order valence-corrected chi connectivity index (χ3v) is 6.90. The lowest BCUT2D eigenvalue weighted by molar-refractivity contribution is 0.590. The van der Waals surface area contributed by atoms with Crippen molar-refractivity contribution in [1.29, 1.82) is 0 Å². The molecule has 0 aliphatic heterocycles. The Morgan fingerprint density at radius 3 is 2.30 bits per heavy atom. The molecule has 0 unspecified atom stereocenters. The number of allylic oxidation sites excluding steroid dienone is 8. The minimum absolute atomic E-state index is 0.00332. The Bertz CT molecular complexity index is 1390. The van der Waals surface area contributed by atoms with E-state index in [-0.39, 0.29) is 5.41 Å². The minimum atomic E-state index is 0.00332. The molecule has 0 fully saturated rings. The Hall–Kier alpha value is -3.71. The van der Waals surface area contributed by atoms with E-state index in [9.17, 15) is 0 Å². The van der Waals surface area contributed by atoms with Gasteiger partial charge in [-0.1, -0.05) is 102 Å². The topological polar surface area (TPSA) is 12.9 Å². The van der Waals surface area contributed by atoms with Crippen LogP contribution in [0, 0.1) is 13.8 Å². The number of aryl methyl sites for hydroxylation is 1. The number of rotatable bonds is 8. The number of nitrogens with zero attached hydrogens (tertiary/aromatic N) is 1. The smallest absolute Gasteiger partial charge is 0.0708 e. The number of aromatic nitrogens is 1. The van der Waals surface area contributed by atoms with Crippen LogP contribution < -0.4 is 0 Å². The molecule has 190 valence electrons. The molecule has 0 radical (unpaired) electrons. The Kier molecular flexibility index (Phi) is 9.05. The SMILES string of the molecule is C=C/C=C(\C=C)c1cc(-c2cc(-c3cccc(C)c3C)cc(C(C)(C)C)c2)ncc1C(/C=C\CC)=C/C. The van der Waals surface area contributed by atoms with Crippen LogP contribution in [0.2, 0.25) is 0 Å². The van der Waals surface area contributed by atoms with E-state index in [1.807, 2.05) is 24.4 Å². The van der Waals surface area contributed by atoms with Gasteiger partial charge in [-0.15, -0.1) is 0 Å². The number of benzene rings is 2. The molecule has 0 amide bonds. The monoisotopic (exact) mass is 487 g/mol. The van der Waals surface area contributed by atoms with Gasteiger partial charge in [0.2, 0.25) is 0 Å². The highest BCUT2D eigenvalue weighted by molar-refractivity contribution is 5.88. The molecule has 0 N–H and O–H groups in total. The number of pyridine rings is 1. The quantitative estimate of drug-likeness (QED) is 0.288. The summed E-state index contributed by atoms with van der Waals surface area (Å²) in [7, 11) is 0. The van der Waals surface area contributed by atoms with Crippen LogP contribution in [-0.2, 0) is 5.41 Å². The highest BCUT2D eigenvalue weighted by Crippen LogP contribution is 2.36. The molecule has 0 saturated carbocycles. The molecule has 1 heterocycles. The molecule has 0 aliphatic carbocycles. The molecule has 3 aromatic rings. The van der Waals surface area contributed by atoms with E-state index < -0.39 is 0 Å². The Morgan fingerprint density at radius 1 is 0.946 bits per heavy atom. The zero-order chi connectivity index (χ0) is 27.2. The van der Waals surface area contributed by atoms with E-state index in [2.05, 4.69) is 122 Å². The van der Waals surface area contributed by atoms with Crippen molar-refractivity contribution in [2.24, 2.45) is 0 Å². The first-order chi connectivity index (χ1) is 17.6. The van der Waals surface area contributed by atoms with Crippen molar-refractivity contribution >= 4 is 11.1 Å². The van der Waals surface area contributed by atoms with Crippen molar-refractivity contribution < 1.29 is 0 Å². The third-order valence-electron chi connectivity index (χ3n) is 6.90. The van der Waals surface area contributed by atoms with Crippen molar-refractivity contribution in [1.82, 2.24) is 4.98 Å². The highest BCUT2D eigenvalue weighted by atomic mass is 14.7. The van der Waals surface area contributed by atoms with Crippen molar-refractivity contribution in [3.8, 4) is 22.4 Å². The minimum Gasteiger partial charge on any atom is -0.256 e. The first kappa shape index (κ1) is 27.9. The average Bonchev–Trinajstić information content (AvgIpc) is 2.88. The lowest BCUT2D eigenvalue weighted by Gasteiger charge is -2.22. The molecular formula is C36H41N. The second kappa shape index (κ2) is 12.0. The first-order valence-electron chi connectivity index (χ1n) is 13.2. The lowest BCUT2D eigenvalue weighted by Crippen LogP contribution is -2.11. The van der Waals surface area contributed by atoms with E-state index >= 15 is 0 Å². The predicted octanol–water partition coefficient (Wildman–Crippen LogP) is 10.5. The standard InChI is InChI=1S/C36H41N/c1-10-14-18-28(13-4)34-24-37-35(23-33(34)27(12-3)16-11-2)30-20-29(21-31(22-30)36(7,8)9)32-19-15-17-25(5)26(32)6/h11-24H,2-3,10H2,1,4-9H3/b18-14-,27-16+,28-13+. The summed E-state index contributed by atoms with van der Waals surface area (Å²) in [6, 6.07) is 15.6. The van der Waals surface area contributed by atoms with Crippen LogP contribution in [0.3, 0.4) is 0 Å². The molecule has 1 aromatic heterocycles. The van der Waals surface area contributed by atoms with Gasteiger partial charge in [0.15, 0.2) is 0 Å². The van der Waals surface area contributed by atoms with Crippen LogP contribution in [0.4, 0.5) is 0 Å². The Balaban J connectivity index is 2.32. The van der Waals surface area contributed by atoms with Gasteiger partial charge in [0, 0.05) is 17.3 Å². The number of hydrogen-bond acceptors (Lipinski definition) is 1. The third kappa shape index (κ3) is 6.35. The molecule has 0 bridgehead atoms. The van der Waals surface area contributed by atoms with Gasteiger partial charge in [-0.3, -0.25) is 4.98 Å². The summed E-state index contributed by atoms with van der Waals surface area (Å²) in [5.41, 5.74) is 12.8. The molecule has 1 heteroatoms. The molecule has 0 saturated heterocycles.